The Morgan fingerprint density at radius 3 is 2.50 bits per heavy atom. The van der Waals surface area contributed by atoms with Gasteiger partial charge in [-0.15, -0.1) is 0 Å². The van der Waals surface area contributed by atoms with Crippen molar-refractivity contribution in [3.05, 3.63) is 17.7 Å². The van der Waals surface area contributed by atoms with Gasteiger partial charge in [-0.1, -0.05) is 25.7 Å². The van der Waals surface area contributed by atoms with Crippen molar-refractivity contribution in [1.82, 2.24) is 9.88 Å². The summed E-state index contributed by atoms with van der Waals surface area (Å²) in [4.78, 5) is 9.90. The zero-order chi connectivity index (χ0) is 19.8. The van der Waals surface area contributed by atoms with E-state index >= 15 is 0 Å². The van der Waals surface area contributed by atoms with Gasteiger partial charge in [0, 0.05) is 37.5 Å². The summed E-state index contributed by atoms with van der Waals surface area (Å²) in [5, 5.41) is 11.8. The van der Waals surface area contributed by atoms with Crippen LogP contribution in [-0.4, -0.2) is 54.9 Å². The van der Waals surface area contributed by atoms with Crippen LogP contribution < -0.4 is 10.2 Å². The van der Waals surface area contributed by atoms with E-state index in [0.29, 0.717) is 11.8 Å². The number of nitrogens with zero attached hydrogens (tertiary/aromatic N) is 3. The monoisotopic (exact) mass is 385 g/mol. The zero-order valence-electron chi connectivity index (χ0n) is 18.0. The molecule has 2 aliphatic rings. The Morgan fingerprint density at radius 1 is 1.07 bits per heavy atom. The summed E-state index contributed by atoms with van der Waals surface area (Å²) in [5.41, 5.74) is 1.67. The zero-order valence-corrected chi connectivity index (χ0v) is 18.0. The molecule has 0 amide bonds. The van der Waals surface area contributed by atoms with Gasteiger partial charge in [-0.05, 0) is 70.7 Å². The summed E-state index contributed by atoms with van der Waals surface area (Å²) in [7, 11) is 1.92. The second-order valence-corrected chi connectivity index (χ2v) is 8.53. The standard InChI is InChI=1S/C23H39N5/c1-19-11-6-9-15-27(19)18-10-12-21(24)20-13-14-22(26-23(20)25-2)28-16-7-4-3-5-8-17-28/h13-14,19,24H,3-12,15-18H2,1-2H3,(H,25,26). The quantitative estimate of drug-likeness (QED) is 0.654. The fourth-order valence-corrected chi connectivity index (χ4v) is 4.62. The third-order valence-electron chi connectivity index (χ3n) is 6.44. The molecule has 1 atom stereocenters. The predicted octanol–water partition coefficient (Wildman–Crippen LogP) is 4.92. The van der Waals surface area contributed by atoms with Crippen LogP contribution in [0.3, 0.4) is 0 Å². The molecule has 0 aliphatic carbocycles. The smallest absolute Gasteiger partial charge is 0.137 e. The Balaban J connectivity index is 1.58. The third kappa shape index (κ3) is 5.69. The first kappa shape index (κ1) is 21.1. The van der Waals surface area contributed by atoms with E-state index in [9.17, 15) is 0 Å². The van der Waals surface area contributed by atoms with Gasteiger partial charge in [0.05, 0.1) is 0 Å². The van der Waals surface area contributed by atoms with Gasteiger partial charge in [-0.25, -0.2) is 4.98 Å². The topological polar surface area (TPSA) is 55.3 Å². The maximum Gasteiger partial charge on any atom is 0.137 e. The molecule has 1 aromatic rings. The van der Waals surface area contributed by atoms with E-state index < -0.39 is 0 Å². The molecule has 0 aromatic carbocycles. The van der Waals surface area contributed by atoms with E-state index in [1.807, 2.05) is 7.05 Å². The maximum atomic E-state index is 8.61. The lowest BCUT2D eigenvalue weighted by atomic mass is 10.0. The molecular formula is C23H39N5. The van der Waals surface area contributed by atoms with E-state index in [2.05, 4.69) is 34.2 Å². The van der Waals surface area contributed by atoms with Crippen molar-refractivity contribution in [2.24, 2.45) is 0 Å². The van der Waals surface area contributed by atoms with Gasteiger partial charge in [-0.2, -0.15) is 0 Å². The van der Waals surface area contributed by atoms with E-state index in [1.165, 1.54) is 57.9 Å². The maximum absolute atomic E-state index is 8.61. The number of likely N-dealkylation sites (tertiary alicyclic amines) is 1. The summed E-state index contributed by atoms with van der Waals surface area (Å²) in [6.45, 7) is 6.87. The Labute approximate surface area is 171 Å². The largest absolute Gasteiger partial charge is 0.373 e. The summed E-state index contributed by atoms with van der Waals surface area (Å²) < 4.78 is 0. The number of anilines is 2. The summed E-state index contributed by atoms with van der Waals surface area (Å²) >= 11 is 0. The van der Waals surface area contributed by atoms with Gasteiger partial charge >= 0.3 is 0 Å². The SMILES string of the molecule is CNc1nc(N2CCCCCCC2)ccc1C(=N)CCCN1CCCCC1C. The van der Waals surface area contributed by atoms with Gasteiger partial charge in [0.2, 0.25) is 0 Å². The molecule has 3 heterocycles. The first-order valence-corrected chi connectivity index (χ1v) is 11.4. The van der Waals surface area contributed by atoms with Crippen LogP contribution in [0.4, 0.5) is 11.6 Å². The Kier molecular flexibility index (Phi) is 8.13. The summed E-state index contributed by atoms with van der Waals surface area (Å²) in [5.74, 6) is 1.92. The Morgan fingerprint density at radius 2 is 1.79 bits per heavy atom. The molecule has 2 aliphatic heterocycles. The highest BCUT2D eigenvalue weighted by molar-refractivity contribution is 6.02. The highest BCUT2D eigenvalue weighted by Crippen LogP contribution is 2.23. The van der Waals surface area contributed by atoms with Crippen LogP contribution in [0.1, 0.15) is 76.7 Å². The molecule has 2 saturated heterocycles. The number of piperidine rings is 1. The van der Waals surface area contributed by atoms with Crippen LogP contribution in [0.15, 0.2) is 12.1 Å². The fourth-order valence-electron chi connectivity index (χ4n) is 4.62. The highest BCUT2D eigenvalue weighted by atomic mass is 15.2. The highest BCUT2D eigenvalue weighted by Gasteiger charge is 2.18. The minimum absolute atomic E-state index is 0.703. The predicted molar refractivity (Wildman–Crippen MR) is 120 cm³/mol. The average Bonchev–Trinajstić information content (AvgIpc) is 2.68. The molecule has 0 spiro atoms. The number of aromatic nitrogens is 1. The van der Waals surface area contributed by atoms with Crippen molar-refractivity contribution in [2.75, 3.05) is 43.4 Å². The normalized spacial score (nSPS) is 21.8. The first-order valence-electron chi connectivity index (χ1n) is 11.4. The van der Waals surface area contributed by atoms with Gasteiger partial charge in [0.25, 0.3) is 0 Å². The molecule has 2 fully saturated rings. The summed E-state index contributed by atoms with van der Waals surface area (Å²) in [6.07, 6.45) is 12.4. The van der Waals surface area contributed by atoms with E-state index in [1.54, 1.807) is 0 Å². The van der Waals surface area contributed by atoms with Crippen molar-refractivity contribution < 1.29 is 0 Å². The molecular weight excluding hydrogens is 346 g/mol. The van der Waals surface area contributed by atoms with Gasteiger partial charge in [0.15, 0.2) is 0 Å². The van der Waals surface area contributed by atoms with Crippen molar-refractivity contribution in [3.63, 3.8) is 0 Å². The molecule has 0 saturated carbocycles. The van der Waals surface area contributed by atoms with E-state index in [4.69, 9.17) is 10.4 Å². The van der Waals surface area contributed by atoms with Gasteiger partial charge in [-0.3, -0.25) is 0 Å². The van der Waals surface area contributed by atoms with Gasteiger partial charge < -0.3 is 20.5 Å². The molecule has 1 aromatic heterocycles. The average molecular weight is 386 g/mol. The molecule has 28 heavy (non-hydrogen) atoms. The number of hydrogen-bond acceptors (Lipinski definition) is 5. The minimum atomic E-state index is 0.703. The van der Waals surface area contributed by atoms with Crippen molar-refractivity contribution >= 4 is 17.3 Å². The summed E-state index contributed by atoms with van der Waals surface area (Å²) in [6, 6.07) is 4.94. The van der Waals surface area contributed by atoms with Crippen molar-refractivity contribution in [1.29, 1.82) is 5.41 Å². The molecule has 1 unspecified atom stereocenters. The molecule has 5 heteroatoms. The first-order chi connectivity index (χ1) is 13.7. The lowest BCUT2D eigenvalue weighted by molar-refractivity contribution is 0.160. The van der Waals surface area contributed by atoms with Crippen molar-refractivity contribution in [3.8, 4) is 0 Å². The van der Waals surface area contributed by atoms with Crippen LogP contribution in [0.25, 0.3) is 0 Å². The molecule has 2 N–H and O–H groups in total. The molecule has 5 nitrogen and oxygen atoms in total. The minimum Gasteiger partial charge on any atom is -0.373 e. The van der Waals surface area contributed by atoms with Crippen LogP contribution in [0, 0.1) is 5.41 Å². The molecule has 3 rings (SSSR count). The number of pyridine rings is 1. The van der Waals surface area contributed by atoms with Crippen molar-refractivity contribution in [2.45, 2.75) is 77.2 Å². The molecule has 156 valence electrons. The third-order valence-corrected chi connectivity index (χ3v) is 6.44. The lowest BCUT2D eigenvalue weighted by Gasteiger charge is -2.33. The van der Waals surface area contributed by atoms with E-state index in [-0.39, 0.29) is 0 Å². The Bertz CT molecular complexity index is 621. The second kappa shape index (κ2) is 10.8. The number of nitrogens with one attached hydrogen (secondary N) is 2. The van der Waals surface area contributed by atoms with Crippen LogP contribution in [0.5, 0.6) is 0 Å². The molecule has 0 radical (unpaired) electrons. The van der Waals surface area contributed by atoms with Crippen LogP contribution in [-0.2, 0) is 0 Å². The molecule has 0 bridgehead atoms. The second-order valence-electron chi connectivity index (χ2n) is 8.53. The number of hydrogen-bond donors (Lipinski definition) is 2. The Hall–Kier alpha value is -1.62. The van der Waals surface area contributed by atoms with Crippen LogP contribution >= 0.6 is 0 Å². The van der Waals surface area contributed by atoms with E-state index in [0.717, 1.165) is 49.7 Å². The lowest BCUT2D eigenvalue weighted by Crippen LogP contribution is -2.38. The van der Waals surface area contributed by atoms with Crippen LogP contribution in [0.2, 0.25) is 0 Å². The fraction of sp³-hybridized carbons (Fsp3) is 0.739. The number of rotatable bonds is 7. The van der Waals surface area contributed by atoms with Gasteiger partial charge in [0.1, 0.15) is 11.6 Å².